The molecule has 2 heterocycles. The van der Waals surface area contributed by atoms with Crippen LogP contribution in [0, 0.1) is 12.8 Å². The van der Waals surface area contributed by atoms with Gasteiger partial charge in [0.25, 0.3) is 5.91 Å². The average molecular weight is 395 g/mol. The summed E-state index contributed by atoms with van der Waals surface area (Å²) >= 11 is 3.36. The van der Waals surface area contributed by atoms with Gasteiger partial charge in [-0.25, -0.2) is 4.98 Å². The molecule has 1 saturated carbocycles. The number of carbonyl (C=O) groups is 1. The van der Waals surface area contributed by atoms with Gasteiger partial charge in [0.05, 0.1) is 6.61 Å². The van der Waals surface area contributed by atoms with Gasteiger partial charge in [-0.05, 0) is 47.7 Å². The highest BCUT2D eigenvalue weighted by Gasteiger charge is 2.24. The monoisotopic (exact) mass is 394 g/mol. The van der Waals surface area contributed by atoms with Gasteiger partial charge in [0, 0.05) is 30.1 Å². The number of rotatable bonds is 7. The summed E-state index contributed by atoms with van der Waals surface area (Å²) in [6.45, 7) is 4.23. The van der Waals surface area contributed by atoms with Gasteiger partial charge < -0.3 is 14.6 Å². The normalized spacial score (nSPS) is 15.1. The summed E-state index contributed by atoms with van der Waals surface area (Å²) in [6.07, 6.45) is 4.44. The third-order valence-corrected chi connectivity index (χ3v) is 4.08. The fourth-order valence-corrected chi connectivity index (χ4v) is 2.54. The molecule has 1 aliphatic carbocycles. The molecule has 8 heteroatoms. The molecule has 0 saturated heterocycles. The van der Waals surface area contributed by atoms with Crippen molar-refractivity contribution in [1.82, 2.24) is 20.4 Å². The van der Waals surface area contributed by atoms with Crippen molar-refractivity contribution >= 4 is 21.8 Å². The average Bonchev–Trinajstić information content (AvgIpc) is 3.27. The minimum absolute atomic E-state index is 0.156. The first-order valence-electron chi connectivity index (χ1n) is 7.89. The van der Waals surface area contributed by atoms with Crippen LogP contribution in [0.25, 0.3) is 0 Å². The first kappa shape index (κ1) is 16.9. The third-order valence-electron chi connectivity index (χ3n) is 3.64. The van der Waals surface area contributed by atoms with Crippen LogP contribution in [-0.4, -0.2) is 33.7 Å². The number of halogens is 1. The summed E-state index contributed by atoms with van der Waals surface area (Å²) < 4.78 is 11.5. The molecule has 0 spiro atoms. The maximum atomic E-state index is 12.5. The zero-order valence-corrected chi connectivity index (χ0v) is 15.2. The van der Waals surface area contributed by atoms with Crippen LogP contribution in [0.4, 0.5) is 0 Å². The van der Waals surface area contributed by atoms with Crippen LogP contribution in [-0.2, 0) is 6.42 Å². The van der Waals surface area contributed by atoms with Gasteiger partial charge in [-0.2, -0.15) is 4.98 Å². The van der Waals surface area contributed by atoms with E-state index in [-0.39, 0.29) is 17.6 Å². The number of hydrogen-bond donors (Lipinski definition) is 1. The van der Waals surface area contributed by atoms with Crippen LogP contribution in [0.3, 0.4) is 0 Å². The number of nitrogens with zero attached hydrogens (tertiary/aromatic N) is 3. The van der Waals surface area contributed by atoms with Crippen molar-refractivity contribution in [2.24, 2.45) is 5.92 Å². The van der Waals surface area contributed by atoms with Crippen LogP contribution >= 0.6 is 15.9 Å². The van der Waals surface area contributed by atoms with Crippen LogP contribution in [0.2, 0.25) is 0 Å². The fourth-order valence-electron chi connectivity index (χ4n) is 2.23. The predicted molar refractivity (Wildman–Crippen MR) is 89.8 cm³/mol. The SMILES string of the molecule is Cc1nc(CC(C)NC(=O)c2ncc(Br)cc2OCC2CC2)no1. The lowest BCUT2D eigenvalue weighted by Crippen LogP contribution is -2.35. The van der Waals surface area contributed by atoms with Crippen LogP contribution in [0.15, 0.2) is 21.3 Å². The molecule has 1 atom stereocenters. The number of aryl methyl sites for hydroxylation is 1. The molecule has 1 amide bonds. The van der Waals surface area contributed by atoms with E-state index < -0.39 is 0 Å². The van der Waals surface area contributed by atoms with E-state index in [1.165, 1.54) is 12.8 Å². The highest BCUT2D eigenvalue weighted by Crippen LogP contribution is 2.30. The van der Waals surface area contributed by atoms with E-state index in [1.807, 2.05) is 6.92 Å². The minimum Gasteiger partial charge on any atom is -0.491 e. The van der Waals surface area contributed by atoms with E-state index >= 15 is 0 Å². The first-order chi connectivity index (χ1) is 11.5. The molecular formula is C16H19BrN4O3. The third kappa shape index (κ3) is 4.53. The van der Waals surface area contributed by atoms with E-state index in [2.05, 4.69) is 36.4 Å². The highest BCUT2D eigenvalue weighted by atomic mass is 79.9. The summed E-state index contributed by atoms with van der Waals surface area (Å²) in [6, 6.07) is 1.62. The molecule has 3 rings (SSSR count). The number of hydrogen-bond acceptors (Lipinski definition) is 6. The molecule has 7 nitrogen and oxygen atoms in total. The van der Waals surface area contributed by atoms with Gasteiger partial charge in [-0.1, -0.05) is 5.16 Å². The van der Waals surface area contributed by atoms with E-state index in [1.54, 1.807) is 19.2 Å². The van der Waals surface area contributed by atoms with E-state index in [4.69, 9.17) is 9.26 Å². The zero-order valence-electron chi connectivity index (χ0n) is 13.6. The maximum Gasteiger partial charge on any atom is 0.273 e. The molecule has 0 radical (unpaired) electrons. The molecule has 0 aliphatic heterocycles. The van der Waals surface area contributed by atoms with Gasteiger partial charge in [-0.15, -0.1) is 0 Å². The second kappa shape index (κ2) is 7.29. The van der Waals surface area contributed by atoms with Crippen LogP contribution in [0.1, 0.15) is 42.0 Å². The number of nitrogens with one attached hydrogen (secondary N) is 1. The Bertz CT molecular complexity index is 730. The molecule has 0 aromatic carbocycles. The number of pyridine rings is 1. The molecule has 2 aromatic heterocycles. The Morgan fingerprint density at radius 1 is 1.54 bits per heavy atom. The molecule has 1 unspecified atom stereocenters. The van der Waals surface area contributed by atoms with Crippen LogP contribution in [0.5, 0.6) is 5.75 Å². The Balaban J connectivity index is 1.64. The number of carbonyl (C=O) groups excluding carboxylic acids is 1. The van der Waals surface area contributed by atoms with Crippen molar-refractivity contribution in [3.8, 4) is 5.75 Å². The Morgan fingerprint density at radius 3 is 3.00 bits per heavy atom. The summed E-state index contributed by atoms with van der Waals surface area (Å²) in [4.78, 5) is 20.9. The number of amides is 1. The van der Waals surface area contributed by atoms with Gasteiger partial charge in [0.15, 0.2) is 17.3 Å². The standard InChI is InChI=1S/C16H19BrN4O3/c1-9(5-14-20-10(2)24-21-14)19-16(22)15-13(6-12(17)7-18-15)23-8-11-3-4-11/h6-7,9,11H,3-5,8H2,1-2H3,(H,19,22). The highest BCUT2D eigenvalue weighted by molar-refractivity contribution is 9.10. The zero-order chi connectivity index (χ0) is 17.1. The fraction of sp³-hybridized carbons (Fsp3) is 0.500. The topological polar surface area (TPSA) is 90.1 Å². The van der Waals surface area contributed by atoms with E-state index in [9.17, 15) is 4.79 Å². The van der Waals surface area contributed by atoms with E-state index in [0.29, 0.717) is 36.4 Å². The maximum absolute atomic E-state index is 12.5. The Morgan fingerprint density at radius 2 is 2.33 bits per heavy atom. The lowest BCUT2D eigenvalue weighted by atomic mass is 10.2. The molecular weight excluding hydrogens is 376 g/mol. The number of ether oxygens (including phenoxy) is 1. The Hall–Kier alpha value is -1.96. The second-order valence-corrected chi connectivity index (χ2v) is 6.98. The van der Waals surface area contributed by atoms with Gasteiger partial charge >= 0.3 is 0 Å². The summed E-state index contributed by atoms with van der Waals surface area (Å²) in [5.74, 6) is 1.89. The second-order valence-electron chi connectivity index (χ2n) is 6.06. The lowest BCUT2D eigenvalue weighted by Gasteiger charge is -2.14. The van der Waals surface area contributed by atoms with Crippen LogP contribution < -0.4 is 10.1 Å². The van der Waals surface area contributed by atoms with Crippen molar-refractivity contribution in [3.63, 3.8) is 0 Å². The molecule has 1 fully saturated rings. The van der Waals surface area contributed by atoms with Gasteiger partial charge in [0.2, 0.25) is 5.89 Å². The first-order valence-corrected chi connectivity index (χ1v) is 8.69. The van der Waals surface area contributed by atoms with Crippen molar-refractivity contribution in [3.05, 3.63) is 34.1 Å². The van der Waals surface area contributed by atoms with Crippen molar-refractivity contribution in [1.29, 1.82) is 0 Å². The molecule has 1 aliphatic rings. The minimum atomic E-state index is -0.277. The summed E-state index contributed by atoms with van der Waals surface area (Å²) in [5, 5.41) is 6.74. The van der Waals surface area contributed by atoms with Crippen molar-refractivity contribution < 1.29 is 14.1 Å². The summed E-state index contributed by atoms with van der Waals surface area (Å²) in [7, 11) is 0. The molecule has 128 valence electrons. The Labute approximate surface area is 148 Å². The largest absolute Gasteiger partial charge is 0.491 e. The quantitative estimate of drug-likeness (QED) is 0.775. The Kier molecular flexibility index (Phi) is 5.13. The number of aromatic nitrogens is 3. The molecule has 24 heavy (non-hydrogen) atoms. The van der Waals surface area contributed by atoms with Gasteiger partial charge in [-0.3, -0.25) is 4.79 Å². The van der Waals surface area contributed by atoms with Crippen molar-refractivity contribution in [2.75, 3.05) is 6.61 Å². The lowest BCUT2D eigenvalue weighted by molar-refractivity contribution is 0.0929. The predicted octanol–water partition coefficient (Wildman–Crippen LogP) is 2.69. The van der Waals surface area contributed by atoms with E-state index in [0.717, 1.165) is 4.47 Å². The summed E-state index contributed by atoms with van der Waals surface area (Å²) in [5.41, 5.74) is 0.287. The van der Waals surface area contributed by atoms with Crippen molar-refractivity contribution in [2.45, 2.75) is 39.2 Å². The van der Waals surface area contributed by atoms with Gasteiger partial charge in [0.1, 0.15) is 0 Å². The molecule has 1 N–H and O–H groups in total. The smallest absolute Gasteiger partial charge is 0.273 e. The molecule has 0 bridgehead atoms. The molecule has 2 aromatic rings.